The summed E-state index contributed by atoms with van der Waals surface area (Å²) in [5.41, 5.74) is 0.121. The van der Waals surface area contributed by atoms with E-state index >= 15 is 0 Å². The van der Waals surface area contributed by atoms with E-state index < -0.39 is 12.0 Å². The predicted octanol–water partition coefficient (Wildman–Crippen LogP) is 0.672. The first kappa shape index (κ1) is 13.3. The van der Waals surface area contributed by atoms with Crippen molar-refractivity contribution in [2.45, 2.75) is 6.10 Å². The molecule has 1 atom stereocenters. The van der Waals surface area contributed by atoms with Gasteiger partial charge in [0.15, 0.2) is 11.5 Å². The molecule has 2 aromatic rings. The van der Waals surface area contributed by atoms with E-state index in [0.29, 0.717) is 11.5 Å². The van der Waals surface area contributed by atoms with E-state index in [2.05, 4.69) is 10.5 Å². The maximum Gasteiger partial charge on any atom is 0.273 e. The van der Waals surface area contributed by atoms with Gasteiger partial charge in [0.1, 0.15) is 0 Å². The second kappa shape index (κ2) is 6.17. The molecule has 2 N–H and O–H groups in total. The Hall–Kier alpha value is -2.12. The summed E-state index contributed by atoms with van der Waals surface area (Å²) in [6.45, 7) is 0.229. The fourth-order valence-electron chi connectivity index (χ4n) is 1.47. The highest BCUT2D eigenvalue weighted by Crippen LogP contribution is 2.20. The van der Waals surface area contributed by atoms with Gasteiger partial charge in [-0.1, -0.05) is 5.16 Å². The van der Waals surface area contributed by atoms with Crippen LogP contribution in [0.5, 0.6) is 0 Å². The average Bonchev–Trinajstić information content (AvgIpc) is 3.06. The molecule has 19 heavy (non-hydrogen) atoms. The third-order valence-corrected chi connectivity index (χ3v) is 2.36. The van der Waals surface area contributed by atoms with Crippen molar-refractivity contribution in [3.8, 4) is 11.5 Å². The highest BCUT2D eigenvalue weighted by Gasteiger charge is 2.15. The van der Waals surface area contributed by atoms with Gasteiger partial charge in [0.05, 0.1) is 19.0 Å². The molecule has 102 valence electrons. The Labute approximate surface area is 109 Å². The fraction of sp³-hybridized carbons (Fsp3) is 0.333. The standard InChI is InChI=1S/C12H14N2O5/c1-17-7-8(15)6-13-12(16)9-5-11(19-14-9)10-3-2-4-18-10/h2-5,8,15H,6-7H2,1H3,(H,13,16). The Bertz CT molecular complexity index is 520. The summed E-state index contributed by atoms with van der Waals surface area (Å²) >= 11 is 0. The number of hydrogen-bond donors (Lipinski definition) is 2. The molecule has 2 rings (SSSR count). The van der Waals surface area contributed by atoms with Crippen LogP contribution in [0.25, 0.3) is 11.5 Å². The molecule has 0 bridgehead atoms. The number of aromatic nitrogens is 1. The van der Waals surface area contributed by atoms with Gasteiger partial charge in [-0.05, 0) is 12.1 Å². The molecule has 0 saturated heterocycles. The highest BCUT2D eigenvalue weighted by molar-refractivity contribution is 5.92. The Balaban J connectivity index is 1.93. The number of aliphatic hydroxyl groups is 1. The minimum atomic E-state index is -0.759. The van der Waals surface area contributed by atoms with Gasteiger partial charge < -0.3 is 24.1 Å². The molecule has 0 aliphatic rings. The van der Waals surface area contributed by atoms with E-state index in [1.807, 2.05) is 0 Å². The van der Waals surface area contributed by atoms with E-state index in [1.165, 1.54) is 19.4 Å². The summed E-state index contributed by atoms with van der Waals surface area (Å²) in [4.78, 5) is 11.7. The SMILES string of the molecule is COCC(O)CNC(=O)c1cc(-c2ccco2)on1. The van der Waals surface area contributed by atoms with Gasteiger partial charge in [-0.2, -0.15) is 0 Å². The third-order valence-electron chi connectivity index (χ3n) is 2.36. The Morgan fingerprint density at radius 3 is 3.11 bits per heavy atom. The number of amides is 1. The lowest BCUT2D eigenvalue weighted by molar-refractivity contribution is 0.0607. The molecule has 0 radical (unpaired) electrons. The number of furan rings is 1. The van der Waals surface area contributed by atoms with E-state index in [-0.39, 0.29) is 18.8 Å². The van der Waals surface area contributed by atoms with Crippen molar-refractivity contribution in [2.75, 3.05) is 20.3 Å². The van der Waals surface area contributed by atoms with Crippen LogP contribution in [0.4, 0.5) is 0 Å². The molecular formula is C12H14N2O5. The lowest BCUT2D eigenvalue weighted by Gasteiger charge is -2.09. The second-order valence-corrected chi connectivity index (χ2v) is 3.87. The van der Waals surface area contributed by atoms with Crippen molar-refractivity contribution in [1.29, 1.82) is 0 Å². The van der Waals surface area contributed by atoms with Crippen molar-refractivity contribution < 1.29 is 23.6 Å². The molecule has 0 fully saturated rings. The van der Waals surface area contributed by atoms with Gasteiger partial charge in [-0.25, -0.2) is 0 Å². The van der Waals surface area contributed by atoms with Crippen molar-refractivity contribution >= 4 is 5.91 Å². The molecule has 2 aromatic heterocycles. The summed E-state index contributed by atoms with van der Waals surface area (Å²) < 4.78 is 14.9. The molecule has 0 aliphatic heterocycles. The first-order chi connectivity index (χ1) is 9.20. The third kappa shape index (κ3) is 3.43. The number of nitrogens with one attached hydrogen (secondary N) is 1. The maximum atomic E-state index is 11.7. The number of aliphatic hydroxyl groups excluding tert-OH is 1. The van der Waals surface area contributed by atoms with Gasteiger partial charge in [0, 0.05) is 19.7 Å². The van der Waals surface area contributed by atoms with Crippen molar-refractivity contribution in [2.24, 2.45) is 0 Å². The molecular weight excluding hydrogens is 252 g/mol. The first-order valence-electron chi connectivity index (χ1n) is 5.66. The smallest absolute Gasteiger partial charge is 0.273 e. The lowest BCUT2D eigenvalue weighted by atomic mass is 10.3. The summed E-state index contributed by atoms with van der Waals surface area (Å²) in [6, 6.07) is 4.88. The van der Waals surface area contributed by atoms with E-state index in [4.69, 9.17) is 13.7 Å². The van der Waals surface area contributed by atoms with Crippen LogP contribution in [0.15, 0.2) is 33.4 Å². The van der Waals surface area contributed by atoms with Crippen molar-refractivity contribution in [3.63, 3.8) is 0 Å². The van der Waals surface area contributed by atoms with Crippen LogP contribution in [-0.2, 0) is 4.74 Å². The summed E-state index contributed by atoms with van der Waals surface area (Å²) in [5.74, 6) is 0.426. The van der Waals surface area contributed by atoms with Crippen LogP contribution in [-0.4, -0.2) is 42.5 Å². The second-order valence-electron chi connectivity index (χ2n) is 3.87. The van der Waals surface area contributed by atoms with Gasteiger partial charge in [-0.15, -0.1) is 0 Å². The predicted molar refractivity (Wildman–Crippen MR) is 64.4 cm³/mol. The molecule has 0 spiro atoms. The van der Waals surface area contributed by atoms with E-state index in [1.54, 1.807) is 12.1 Å². The van der Waals surface area contributed by atoms with Crippen LogP contribution in [0, 0.1) is 0 Å². The molecule has 7 heteroatoms. The van der Waals surface area contributed by atoms with Crippen LogP contribution in [0.3, 0.4) is 0 Å². The Morgan fingerprint density at radius 2 is 2.42 bits per heavy atom. The minimum absolute atomic E-state index is 0.0790. The van der Waals surface area contributed by atoms with Crippen LogP contribution < -0.4 is 5.32 Å². The largest absolute Gasteiger partial charge is 0.461 e. The van der Waals surface area contributed by atoms with Crippen LogP contribution >= 0.6 is 0 Å². The number of ether oxygens (including phenoxy) is 1. The molecule has 7 nitrogen and oxygen atoms in total. The van der Waals surface area contributed by atoms with Gasteiger partial charge >= 0.3 is 0 Å². The van der Waals surface area contributed by atoms with E-state index in [0.717, 1.165) is 0 Å². The number of nitrogens with zero attached hydrogens (tertiary/aromatic N) is 1. The van der Waals surface area contributed by atoms with Gasteiger partial charge in [0.2, 0.25) is 5.76 Å². The average molecular weight is 266 g/mol. The van der Waals surface area contributed by atoms with E-state index in [9.17, 15) is 9.90 Å². The highest BCUT2D eigenvalue weighted by atomic mass is 16.5. The molecule has 0 aliphatic carbocycles. The number of hydrogen-bond acceptors (Lipinski definition) is 6. The zero-order valence-corrected chi connectivity index (χ0v) is 10.3. The minimum Gasteiger partial charge on any atom is -0.461 e. The van der Waals surface area contributed by atoms with Crippen LogP contribution in [0.2, 0.25) is 0 Å². The van der Waals surface area contributed by atoms with Crippen LogP contribution in [0.1, 0.15) is 10.5 Å². The zero-order chi connectivity index (χ0) is 13.7. The lowest BCUT2D eigenvalue weighted by Crippen LogP contribution is -2.34. The molecule has 1 unspecified atom stereocenters. The fourth-order valence-corrected chi connectivity index (χ4v) is 1.47. The maximum absolute atomic E-state index is 11.7. The summed E-state index contributed by atoms with van der Waals surface area (Å²) in [6.07, 6.45) is 0.740. The first-order valence-corrected chi connectivity index (χ1v) is 5.66. The number of rotatable bonds is 6. The number of carbonyl (C=O) groups is 1. The molecule has 0 saturated carbocycles. The normalized spacial score (nSPS) is 12.3. The topological polar surface area (TPSA) is 97.7 Å². The van der Waals surface area contributed by atoms with Crippen molar-refractivity contribution in [1.82, 2.24) is 10.5 Å². The monoisotopic (exact) mass is 266 g/mol. The molecule has 2 heterocycles. The zero-order valence-electron chi connectivity index (χ0n) is 10.3. The molecule has 0 aromatic carbocycles. The van der Waals surface area contributed by atoms with Crippen molar-refractivity contribution in [3.05, 3.63) is 30.2 Å². The van der Waals surface area contributed by atoms with Gasteiger partial charge in [-0.3, -0.25) is 4.79 Å². The number of methoxy groups -OCH3 is 1. The molecule has 1 amide bonds. The Kier molecular flexibility index (Phi) is 4.32. The Morgan fingerprint density at radius 1 is 1.58 bits per heavy atom. The number of carbonyl (C=O) groups excluding carboxylic acids is 1. The quantitative estimate of drug-likeness (QED) is 0.797. The summed E-state index contributed by atoms with van der Waals surface area (Å²) in [5, 5.41) is 15.6. The van der Waals surface area contributed by atoms with Gasteiger partial charge in [0.25, 0.3) is 5.91 Å². The summed E-state index contributed by atoms with van der Waals surface area (Å²) in [7, 11) is 1.47.